The number of nitrogens with two attached hydrogens (primary N) is 1. The van der Waals surface area contributed by atoms with Crippen molar-refractivity contribution in [2.45, 2.75) is 13.0 Å². The Morgan fingerprint density at radius 3 is 2.36 bits per heavy atom. The van der Waals surface area contributed by atoms with E-state index in [4.69, 9.17) is 5.73 Å². The predicted octanol–water partition coefficient (Wildman–Crippen LogP) is 4.34. The van der Waals surface area contributed by atoms with Gasteiger partial charge in [0.15, 0.2) is 0 Å². The van der Waals surface area contributed by atoms with E-state index in [-0.39, 0.29) is 17.1 Å². The number of nitrogens with zero attached hydrogens (tertiary/aromatic N) is 2. The van der Waals surface area contributed by atoms with Gasteiger partial charge in [-0.05, 0) is 31.4 Å². The molecule has 2 aromatic carbocycles. The van der Waals surface area contributed by atoms with Crippen molar-refractivity contribution in [3.8, 4) is 0 Å². The molecule has 0 radical (unpaired) electrons. The Morgan fingerprint density at radius 2 is 1.92 bits per heavy atom. The molecule has 1 atom stereocenters. The molecule has 0 saturated heterocycles. The average molecular weight is 367 g/mol. The molecule has 134 valence electrons. The van der Waals surface area contributed by atoms with E-state index in [1.807, 2.05) is 6.26 Å². The average Bonchev–Trinajstić information content (AvgIpc) is 2.55. The predicted molar refractivity (Wildman–Crippen MR) is 97.9 cm³/mol. The van der Waals surface area contributed by atoms with Crippen LogP contribution in [0.15, 0.2) is 53.5 Å². The highest BCUT2D eigenvalue weighted by atomic mass is 32.2. The molecule has 0 saturated carbocycles. The van der Waals surface area contributed by atoms with E-state index in [2.05, 4.69) is 4.99 Å². The minimum atomic E-state index is -0.557. The zero-order valence-corrected chi connectivity index (χ0v) is 14.7. The number of thioether (sulfide) groups is 1. The Labute approximate surface area is 149 Å². The Morgan fingerprint density at radius 1 is 1.28 bits per heavy atom. The second-order valence-corrected chi connectivity index (χ2v) is 5.91. The minimum absolute atomic E-state index is 0.151. The number of amidine groups is 1. The highest BCUT2D eigenvalue weighted by Gasteiger charge is 2.18. The van der Waals surface area contributed by atoms with Crippen molar-refractivity contribution in [3.63, 3.8) is 0 Å². The summed E-state index contributed by atoms with van der Waals surface area (Å²) >= 11 is 1.47. The molecule has 2 N–H and O–H groups in total. The molecule has 0 aliphatic heterocycles. The molecule has 2 rings (SSSR count). The van der Waals surface area contributed by atoms with E-state index < -0.39 is 16.8 Å². The van der Waals surface area contributed by atoms with Gasteiger partial charge in [-0.15, -0.1) is 0 Å². The van der Waals surface area contributed by atoms with E-state index in [0.29, 0.717) is 11.6 Å². The van der Waals surface area contributed by atoms with Crippen molar-refractivity contribution in [2.24, 2.45) is 10.7 Å². The summed E-state index contributed by atoms with van der Waals surface area (Å²) in [6.45, 7) is 1.60. The number of hydrogen-bond donors (Lipinski definition) is 1. The highest BCUT2D eigenvalue weighted by molar-refractivity contribution is 7.98. The fourth-order valence-corrected chi connectivity index (χ4v) is 2.48. The fraction of sp³-hybridized carbons (Fsp3) is 0.235. The summed E-state index contributed by atoms with van der Waals surface area (Å²) in [5.74, 6) is 0.138. The number of hydrogen-bond acceptors (Lipinski definition) is 4. The van der Waals surface area contributed by atoms with E-state index in [1.54, 1.807) is 25.1 Å². The third-order valence-corrected chi connectivity index (χ3v) is 3.62. The first-order valence-corrected chi connectivity index (χ1v) is 8.67. The number of aliphatic imine (C=N–C) groups is 1. The molecule has 0 amide bonds. The zero-order chi connectivity index (χ0) is 18.8. The Kier molecular flexibility index (Phi) is 8.55. The second-order valence-electron chi connectivity index (χ2n) is 5.00. The molecule has 25 heavy (non-hydrogen) atoms. The second kappa shape index (κ2) is 10.4. The summed E-state index contributed by atoms with van der Waals surface area (Å²) in [5, 5.41) is 10.7. The fourth-order valence-electron chi connectivity index (χ4n) is 1.92. The summed E-state index contributed by atoms with van der Waals surface area (Å²) in [5.41, 5.74) is 5.54. The molecule has 0 bridgehead atoms. The van der Waals surface area contributed by atoms with Gasteiger partial charge in [-0.25, -0.2) is 8.78 Å². The molecule has 0 heterocycles. The van der Waals surface area contributed by atoms with E-state index in [0.717, 1.165) is 12.1 Å². The summed E-state index contributed by atoms with van der Waals surface area (Å²) in [4.78, 5) is 14.2. The number of halogens is 2. The van der Waals surface area contributed by atoms with Crippen molar-refractivity contribution >= 4 is 23.3 Å². The van der Waals surface area contributed by atoms with Crippen LogP contribution in [0.25, 0.3) is 0 Å². The van der Waals surface area contributed by atoms with Crippen LogP contribution in [0.5, 0.6) is 0 Å². The van der Waals surface area contributed by atoms with Crippen LogP contribution in [0, 0.1) is 21.7 Å². The molecule has 0 fully saturated rings. The van der Waals surface area contributed by atoms with Gasteiger partial charge in [-0.1, -0.05) is 18.2 Å². The molecular weight excluding hydrogens is 348 g/mol. The van der Waals surface area contributed by atoms with Gasteiger partial charge in [-0.3, -0.25) is 15.1 Å². The Bertz CT molecular complexity index is 723. The molecule has 8 heteroatoms. The van der Waals surface area contributed by atoms with Gasteiger partial charge >= 0.3 is 0 Å². The van der Waals surface area contributed by atoms with Crippen molar-refractivity contribution < 1.29 is 13.7 Å². The summed E-state index contributed by atoms with van der Waals surface area (Å²) in [7, 11) is 0. The van der Waals surface area contributed by atoms with Crippen molar-refractivity contribution in [1.29, 1.82) is 0 Å². The van der Waals surface area contributed by atoms with E-state index in [1.165, 1.54) is 30.0 Å². The van der Waals surface area contributed by atoms with Crippen LogP contribution in [-0.2, 0) is 0 Å². The van der Waals surface area contributed by atoms with E-state index >= 15 is 0 Å². The lowest BCUT2D eigenvalue weighted by atomic mass is 10.1. The lowest BCUT2D eigenvalue weighted by Gasteiger charge is -2.13. The van der Waals surface area contributed by atoms with Gasteiger partial charge in [-0.2, -0.15) is 11.8 Å². The molecule has 0 spiro atoms. The van der Waals surface area contributed by atoms with Gasteiger partial charge < -0.3 is 5.73 Å². The van der Waals surface area contributed by atoms with Crippen molar-refractivity contribution in [1.82, 2.24) is 0 Å². The summed E-state index contributed by atoms with van der Waals surface area (Å²) in [6, 6.07) is 10.9. The number of rotatable bonds is 5. The first-order chi connectivity index (χ1) is 11.8. The molecule has 2 aromatic rings. The third kappa shape index (κ3) is 7.30. The van der Waals surface area contributed by atoms with Gasteiger partial charge in [0.1, 0.15) is 11.6 Å². The van der Waals surface area contributed by atoms with E-state index in [9.17, 15) is 18.9 Å². The molecule has 5 nitrogen and oxygen atoms in total. The molecular formula is C17H19F2N3O2S. The number of nitro benzene ring substituents is 1. The Balaban J connectivity index is 0.000000370. The molecule has 0 aromatic heterocycles. The minimum Gasteiger partial charge on any atom is -0.388 e. The van der Waals surface area contributed by atoms with Crippen LogP contribution in [0.4, 0.5) is 14.5 Å². The molecule has 0 aliphatic carbocycles. The number of non-ortho nitro benzene ring substituents is 1. The van der Waals surface area contributed by atoms with Crippen LogP contribution in [0.1, 0.15) is 18.5 Å². The van der Waals surface area contributed by atoms with Crippen LogP contribution in [0.2, 0.25) is 0 Å². The zero-order valence-electron chi connectivity index (χ0n) is 13.9. The monoisotopic (exact) mass is 367 g/mol. The highest BCUT2D eigenvalue weighted by Crippen LogP contribution is 2.27. The number of benzene rings is 2. The first-order valence-electron chi connectivity index (χ1n) is 7.28. The van der Waals surface area contributed by atoms with Crippen LogP contribution in [-0.4, -0.2) is 22.8 Å². The van der Waals surface area contributed by atoms with Crippen molar-refractivity contribution in [3.05, 3.63) is 75.8 Å². The third-order valence-electron chi connectivity index (χ3n) is 2.97. The largest absolute Gasteiger partial charge is 0.388 e. The standard InChI is InChI=1S/C11H14FN3O2S.C6H5F/c1-7(13)14-11(6-18-2)9-5-8(15(16)17)3-4-10(9)12;7-6-4-2-1-3-5-6/h3-5,11H,6H2,1-2H3,(H2,13,14);1-5H. The normalized spacial score (nSPS) is 12.1. The van der Waals surface area contributed by atoms with Gasteiger partial charge in [0, 0.05) is 23.4 Å². The van der Waals surface area contributed by atoms with Crippen LogP contribution < -0.4 is 5.73 Å². The van der Waals surface area contributed by atoms with Crippen LogP contribution >= 0.6 is 11.8 Å². The maximum atomic E-state index is 13.7. The Hall–Kier alpha value is -2.48. The SMILES string of the molecule is CSCC(N=C(C)N)c1cc([N+](=O)[O-])ccc1F.Fc1ccccc1. The molecule has 0 aliphatic rings. The smallest absolute Gasteiger partial charge is 0.269 e. The quantitative estimate of drug-likeness (QED) is 0.369. The lowest BCUT2D eigenvalue weighted by Crippen LogP contribution is -2.11. The number of nitro groups is 1. The van der Waals surface area contributed by atoms with Crippen LogP contribution in [0.3, 0.4) is 0 Å². The van der Waals surface area contributed by atoms with Gasteiger partial charge in [0.05, 0.1) is 16.8 Å². The van der Waals surface area contributed by atoms with Crippen molar-refractivity contribution in [2.75, 3.05) is 12.0 Å². The van der Waals surface area contributed by atoms with Gasteiger partial charge in [0.2, 0.25) is 0 Å². The maximum Gasteiger partial charge on any atom is 0.269 e. The topological polar surface area (TPSA) is 81.5 Å². The summed E-state index contributed by atoms with van der Waals surface area (Å²) in [6.07, 6.45) is 1.85. The lowest BCUT2D eigenvalue weighted by molar-refractivity contribution is -0.385. The van der Waals surface area contributed by atoms with Gasteiger partial charge in [0.25, 0.3) is 5.69 Å². The summed E-state index contributed by atoms with van der Waals surface area (Å²) < 4.78 is 25.6. The molecule has 1 unspecified atom stereocenters. The maximum absolute atomic E-state index is 13.7. The first kappa shape index (κ1) is 20.6.